The van der Waals surface area contributed by atoms with E-state index in [2.05, 4.69) is 43.4 Å². The standard InChI is InChI=1S/C15H34N2Si2/c1-12-8-6-9-13(2)16(12)19(5,18)17-14(3)10-7-11-15(17)4/h12-15H,6-11H2,1-5,18H3. The van der Waals surface area contributed by atoms with Crippen LogP contribution in [0.5, 0.6) is 0 Å². The third-order valence-corrected chi connectivity index (χ3v) is 13.0. The molecule has 0 aromatic rings. The molecule has 4 atom stereocenters. The fourth-order valence-corrected chi connectivity index (χ4v) is 15.5. The average molecular weight is 299 g/mol. The molecule has 2 rings (SSSR count). The zero-order valence-corrected chi connectivity index (χ0v) is 16.9. The molecule has 19 heavy (non-hydrogen) atoms. The van der Waals surface area contributed by atoms with Crippen molar-refractivity contribution in [3.8, 4) is 0 Å². The van der Waals surface area contributed by atoms with E-state index in [1.165, 1.54) is 48.3 Å². The van der Waals surface area contributed by atoms with Crippen molar-refractivity contribution < 1.29 is 0 Å². The molecule has 2 nitrogen and oxygen atoms in total. The van der Waals surface area contributed by atoms with Crippen molar-refractivity contribution in [1.82, 2.24) is 9.13 Å². The van der Waals surface area contributed by atoms with E-state index in [1.807, 2.05) is 0 Å². The van der Waals surface area contributed by atoms with Gasteiger partial charge in [0.25, 0.3) is 0 Å². The number of hydrogen-bond donors (Lipinski definition) is 0. The largest absolute Gasteiger partial charge is 0.310 e. The molecule has 2 saturated heterocycles. The Kier molecular flexibility index (Phi) is 4.97. The Morgan fingerprint density at radius 1 is 0.737 bits per heavy atom. The lowest BCUT2D eigenvalue weighted by atomic mass is 10.0. The van der Waals surface area contributed by atoms with E-state index in [0.29, 0.717) is 0 Å². The van der Waals surface area contributed by atoms with Crippen molar-refractivity contribution >= 4 is 17.7 Å². The molecular formula is C15H34N2Si2. The summed E-state index contributed by atoms with van der Waals surface area (Å²) in [6.07, 6.45) is 8.57. The first-order valence-corrected chi connectivity index (χ1v) is 14.3. The van der Waals surface area contributed by atoms with Crippen LogP contribution < -0.4 is 0 Å². The van der Waals surface area contributed by atoms with E-state index >= 15 is 0 Å². The van der Waals surface area contributed by atoms with Gasteiger partial charge in [-0.3, -0.25) is 0 Å². The number of rotatable bonds is 2. The molecule has 0 N–H and O–H groups in total. The average Bonchev–Trinajstić information content (AvgIpc) is 2.27. The summed E-state index contributed by atoms with van der Waals surface area (Å²) < 4.78 is 6.00. The third-order valence-electron chi connectivity index (χ3n) is 5.65. The van der Waals surface area contributed by atoms with Gasteiger partial charge in [-0.05, 0) is 32.2 Å². The first-order chi connectivity index (χ1) is 8.85. The highest BCUT2D eigenvalue weighted by molar-refractivity contribution is 7.13. The summed E-state index contributed by atoms with van der Waals surface area (Å²) in [5.74, 6) is 0. The normalized spacial score (nSPS) is 42.2. The molecule has 0 aromatic carbocycles. The molecule has 2 fully saturated rings. The van der Waals surface area contributed by atoms with E-state index < -0.39 is 7.91 Å². The lowest BCUT2D eigenvalue weighted by molar-refractivity contribution is 0.133. The van der Waals surface area contributed by atoms with Gasteiger partial charge in [-0.1, -0.05) is 40.5 Å². The highest BCUT2D eigenvalue weighted by Crippen LogP contribution is 2.34. The topological polar surface area (TPSA) is 6.48 Å². The Bertz CT molecular complexity index is 261. The van der Waals surface area contributed by atoms with Gasteiger partial charge in [0.15, 0.2) is 7.91 Å². The van der Waals surface area contributed by atoms with Crippen LogP contribution in [0.3, 0.4) is 0 Å². The lowest BCUT2D eigenvalue weighted by Crippen LogP contribution is -2.73. The molecule has 0 bridgehead atoms. The highest BCUT2D eigenvalue weighted by atomic mass is 29.2. The molecular weight excluding hydrogens is 264 g/mol. The maximum atomic E-state index is 3.00. The lowest BCUT2D eigenvalue weighted by Gasteiger charge is -2.57. The minimum absolute atomic E-state index is 0.819. The predicted molar refractivity (Wildman–Crippen MR) is 90.8 cm³/mol. The fraction of sp³-hybridized carbons (Fsp3) is 1.00. The van der Waals surface area contributed by atoms with Crippen molar-refractivity contribution in [2.45, 2.75) is 96.9 Å². The summed E-state index contributed by atoms with van der Waals surface area (Å²) in [6.45, 7) is 12.6. The van der Waals surface area contributed by atoms with Crippen LogP contribution in [0.25, 0.3) is 0 Å². The van der Waals surface area contributed by atoms with Crippen LogP contribution in [0.2, 0.25) is 6.55 Å². The summed E-state index contributed by atoms with van der Waals surface area (Å²) in [5.41, 5.74) is 0. The van der Waals surface area contributed by atoms with E-state index in [9.17, 15) is 0 Å². The second-order valence-electron chi connectivity index (χ2n) is 7.57. The molecule has 2 aliphatic rings. The van der Waals surface area contributed by atoms with Gasteiger partial charge in [-0.15, -0.1) is 0 Å². The van der Waals surface area contributed by atoms with Crippen LogP contribution in [0.4, 0.5) is 0 Å². The second kappa shape index (κ2) is 6.00. The maximum Gasteiger partial charge on any atom is 0.178 e. The van der Waals surface area contributed by atoms with Crippen molar-refractivity contribution in [2.24, 2.45) is 0 Å². The minimum atomic E-state index is -1.35. The van der Waals surface area contributed by atoms with Crippen LogP contribution in [0.1, 0.15) is 66.2 Å². The van der Waals surface area contributed by atoms with Crippen LogP contribution in [0.15, 0.2) is 0 Å². The number of hydrogen-bond acceptors (Lipinski definition) is 2. The van der Waals surface area contributed by atoms with Crippen LogP contribution in [0, 0.1) is 0 Å². The van der Waals surface area contributed by atoms with Crippen molar-refractivity contribution in [1.29, 1.82) is 0 Å². The zero-order valence-electron chi connectivity index (χ0n) is 13.9. The fourth-order valence-electron chi connectivity index (χ4n) is 5.13. The highest BCUT2D eigenvalue weighted by Gasteiger charge is 2.46. The number of piperidine rings is 2. The van der Waals surface area contributed by atoms with Crippen molar-refractivity contribution in [2.75, 3.05) is 0 Å². The molecule has 0 radical (unpaired) electrons. The maximum absolute atomic E-state index is 3.00. The number of nitrogens with zero attached hydrogens (tertiary/aromatic N) is 2. The summed E-state index contributed by atoms with van der Waals surface area (Å²) in [6, 6.07) is 3.27. The van der Waals surface area contributed by atoms with Crippen LogP contribution in [-0.4, -0.2) is 51.0 Å². The van der Waals surface area contributed by atoms with Crippen LogP contribution in [-0.2, 0) is 0 Å². The van der Waals surface area contributed by atoms with Gasteiger partial charge in [-0.2, -0.15) is 0 Å². The molecule has 2 heterocycles. The van der Waals surface area contributed by atoms with E-state index in [1.54, 1.807) is 0 Å². The molecule has 0 spiro atoms. The summed E-state index contributed by atoms with van der Waals surface area (Å²) in [7, 11) is 0.0253. The van der Waals surface area contributed by atoms with E-state index in [0.717, 1.165) is 24.2 Å². The Morgan fingerprint density at radius 3 is 1.26 bits per heavy atom. The molecule has 4 heteroatoms. The molecule has 112 valence electrons. The molecule has 0 aromatic heterocycles. The van der Waals surface area contributed by atoms with Gasteiger partial charge < -0.3 is 9.13 Å². The smallest absolute Gasteiger partial charge is 0.178 e. The Hall–Kier alpha value is 0.354. The van der Waals surface area contributed by atoms with Gasteiger partial charge in [-0.25, -0.2) is 0 Å². The summed E-state index contributed by atoms with van der Waals surface area (Å²) >= 11 is 0. The Labute approximate surface area is 124 Å². The van der Waals surface area contributed by atoms with E-state index in [-0.39, 0.29) is 0 Å². The molecule has 0 amide bonds. The molecule has 2 aliphatic heterocycles. The first kappa shape index (κ1) is 15.7. The quantitative estimate of drug-likeness (QED) is 0.723. The van der Waals surface area contributed by atoms with Crippen LogP contribution >= 0.6 is 0 Å². The van der Waals surface area contributed by atoms with Gasteiger partial charge in [0, 0.05) is 33.9 Å². The molecule has 4 unspecified atom stereocenters. The minimum Gasteiger partial charge on any atom is -0.310 e. The Balaban J connectivity index is 2.23. The first-order valence-electron chi connectivity index (χ1n) is 8.42. The molecule has 0 aliphatic carbocycles. The predicted octanol–water partition coefficient (Wildman–Crippen LogP) is 2.45. The van der Waals surface area contributed by atoms with Crippen molar-refractivity contribution in [3.05, 3.63) is 0 Å². The third kappa shape index (κ3) is 3.01. The summed E-state index contributed by atoms with van der Waals surface area (Å²) in [4.78, 5) is 0. The van der Waals surface area contributed by atoms with Gasteiger partial charge in [0.1, 0.15) is 0 Å². The SMILES string of the molecule is CC1CCCC(C)N1[Si](C)([SiH3])N1C(C)CCCC1C. The Morgan fingerprint density at radius 2 is 1.00 bits per heavy atom. The van der Waals surface area contributed by atoms with Gasteiger partial charge >= 0.3 is 0 Å². The zero-order chi connectivity index (χ0) is 14.2. The van der Waals surface area contributed by atoms with Gasteiger partial charge in [0.2, 0.25) is 0 Å². The van der Waals surface area contributed by atoms with E-state index in [4.69, 9.17) is 0 Å². The molecule has 0 saturated carbocycles. The monoisotopic (exact) mass is 298 g/mol. The second-order valence-corrected chi connectivity index (χ2v) is 17.3. The van der Waals surface area contributed by atoms with Gasteiger partial charge in [0.05, 0.1) is 0 Å². The van der Waals surface area contributed by atoms with Crippen molar-refractivity contribution in [3.63, 3.8) is 0 Å². The summed E-state index contributed by atoms with van der Waals surface area (Å²) in [5, 5.41) is 0.